The molecule has 0 aliphatic rings. The summed E-state index contributed by atoms with van der Waals surface area (Å²) in [4.78, 5) is 30.2. The summed E-state index contributed by atoms with van der Waals surface area (Å²) in [6, 6.07) is 10.8. The van der Waals surface area contributed by atoms with Crippen LogP contribution in [0.15, 0.2) is 54.9 Å². The third-order valence-corrected chi connectivity index (χ3v) is 3.52. The van der Waals surface area contributed by atoms with Crippen LogP contribution in [0.4, 0.5) is 31.8 Å². The number of nitrogens with one attached hydrogen (secondary N) is 3. The standard InChI is InChI=1S/C17H12F2N6O3/c18-11-6-7-13(12(19)8-11)22-15-14(25(27)28)16(21-9-20-15)23-24-17(26)10-4-2-1-3-5-10/h1-9H,(H,24,26)(H2,20,21,22,23). The van der Waals surface area contributed by atoms with E-state index in [0.29, 0.717) is 11.6 Å². The highest BCUT2D eigenvalue weighted by Gasteiger charge is 2.24. The van der Waals surface area contributed by atoms with Crippen molar-refractivity contribution in [3.63, 3.8) is 0 Å². The molecule has 0 radical (unpaired) electrons. The minimum Gasteiger partial charge on any atom is -0.332 e. The van der Waals surface area contributed by atoms with Crippen molar-refractivity contribution in [2.75, 3.05) is 10.7 Å². The van der Waals surface area contributed by atoms with Gasteiger partial charge in [0.25, 0.3) is 5.91 Å². The van der Waals surface area contributed by atoms with Crippen LogP contribution < -0.4 is 16.2 Å². The largest absolute Gasteiger partial charge is 0.355 e. The fraction of sp³-hybridized carbons (Fsp3) is 0. The zero-order chi connectivity index (χ0) is 20.1. The number of rotatable bonds is 6. The Bertz CT molecular complexity index is 1030. The number of hydrazine groups is 1. The molecule has 0 atom stereocenters. The summed E-state index contributed by atoms with van der Waals surface area (Å²) in [5.74, 6) is -2.98. The molecule has 0 fully saturated rings. The van der Waals surface area contributed by atoms with Crippen LogP contribution in [0.3, 0.4) is 0 Å². The number of carbonyl (C=O) groups is 1. The third kappa shape index (κ3) is 4.15. The lowest BCUT2D eigenvalue weighted by molar-refractivity contribution is -0.383. The van der Waals surface area contributed by atoms with Crippen molar-refractivity contribution in [3.8, 4) is 0 Å². The van der Waals surface area contributed by atoms with Gasteiger partial charge in [0.2, 0.25) is 11.6 Å². The van der Waals surface area contributed by atoms with Gasteiger partial charge in [-0.1, -0.05) is 18.2 Å². The first-order valence-electron chi connectivity index (χ1n) is 7.78. The number of hydrogen-bond donors (Lipinski definition) is 3. The van der Waals surface area contributed by atoms with Crippen LogP contribution in [0.25, 0.3) is 0 Å². The molecular formula is C17H12F2N6O3. The molecule has 0 unspecified atom stereocenters. The Hall–Kier alpha value is -4.15. The molecule has 3 N–H and O–H groups in total. The summed E-state index contributed by atoms with van der Waals surface area (Å²) in [5.41, 5.74) is 4.10. The average molecular weight is 386 g/mol. The van der Waals surface area contributed by atoms with Gasteiger partial charge >= 0.3 is 5.69 Å². The maximum atomic E-state index is 13.8. The van der Waals surface area contributed by atoms with Crippen LogP contribution in [-0.4, -0.2) is 20.8 Å². The molecule has 9 nitrogen and oxygen atoms in total. The predicted octanol–water partition coefficient (Wildman–Crippen LogP) is 3.16. The van der Waals surface area contributed by atoms with Crippen LogP contribution in [0.5, 0.6) is 0 Å². The SMILES string of the molecule is O=C(NNc1ncnc(Nc2ccc(F)cc2F)c1[N+](=O)[O-])c1ccccc1. The number of anilines is 3. The smallest absolute Gasteiger partial charge is 0.332 e. The summed E-state index contributed by atoms with van der Waals surface area (Å²) in [6.07, 6.45) is 0.980. The molecule has 142 valence electrons. The molecule has 3 rings (SSSR count). The molecule has 1 heterocycles. The maximum Gasteiger partial charge on any atom is 0.355 e. The monoisotopic (exact) mass is 386 g/mol. The van der Waals surface area contributed by atoms with Crippen molar-refractivity contribution in [3.05, 3.63) is 82.2 Å². The molecule has 28 heavy (non-hydrogen) atoms. The van der Waals surface area contributed by atoms with E-state index in [9.17, 15) is 23.7 Å². The van der Waals surface area contributed by atoms with Crippen LogP contribution in [-0.2, 0) is 0 Å². The van der Waals surface area contributed by atoms with Crippen LogP contribution in [0, 0.1) is 21.7 Å². The summed E-state index contributed by atoms with van der Waals surface area (Å²) in [5, 5.41) is 13.9. The van der Waals surface area contributed by atoms with Gasteiger partial charge in [0.15, 0.2) is 0 Å². The van der Waals surface area contributed by atoms with E-state index in [1.807, 2.05) is 0 Å². The van der Waals surface area contributed by atoms with Crippen molar-refractivity contribution in [2.24, 2.45) is 0 Å². The van der Waals surface area contributed by atoms with Gasteiger partial charge in [-0.2, -0.15) is 0 Å². The Labute approximate surface area is 156 Å². The fourth-order valence-corrected chi connectivity index (χ4v) is 2.23. The lowest BCUT2D eigenvalue weighted by Gasteiger charge is -2.11. The zero-order valence-corrected chi connectivity index (χ0v) is 14.0. The molecule has 0 aliphatic heterocycles. The highest BCUT2D eigenvalue weighted by Crippen LogP contribution is 2.31. The fourth-order valence-electron chi connectivity index (χ4n) is 2.23. The summed E-state index contributed by atoms with van der Waals surface area (Å²) in [6.45, 7) is 0. The Balaban J connectivity index is 1.85. The predicted molar refractivity (Wildman–Crippen MR) is 95.9 cm³/mol. The van der Waals surface area contributed by atoms with Gasteiger partial charge in [-0.25, -0.2) is 18.7 Å². The minimum absolute atomic E-state index is 0.220. The number of benzene rings is 2. The first kappa shape index (κ1) is 18.6. The Morgan fingerprint density at radius 1 is 1.04 bits per heavy atom. The van der Waals surface area contributed by atoms with Crippen molar-refractivity contribution in [1.82, 2.24) is 15.4 Å². The van der Waals surface area contributed by atoms with E-state index in [-0.39, 0.29) is 17.3 Å². The van der Waals surface area contributed by atoms with E-state index in [0.717, 1.165) is 18.5 Å². The molecule has 0 saturated heterocycles. The van der Waals surface area contributed by atoms with Gasteiger partial charge in [-0.05, 0) is 24.3 Å². The van der Waals surface area contributed by atoms with Crippen molar-refractivity contribution >= 4 is 28.9 Å². The maximum absolute atomic E-state index is 13.8. The molecule has 0 bridgehead atoms. The van der Waals surface area contributed by atoms with Gasteiger partial charge in [0, 0.05) is 11.6 Å². The lowest BCUT2D eigenvalue weighted by Crippen LogP contribution is -2.30. The Kier molecular flexibility index (Phi) is 5.35. The third-order valence-electron chi connectivity index (χ3n) is 3.52. The quantitative estimate of drug-likeness (QED) is 0.439. The number of aromatic nitrogens is 2. The number of amides is 1. The second-order valence-electron chi connectivity index (χ2n) is 5.37. The van der Waals surface area contributed by atoms with E-state index < -0.39 is 28.2 Å². The van der Waals surface area contributed by atoms with Crippen molar-refractivity contribution in [1.29, 1.82) is 0 Å². The number of carbonyl (C=O) groups excluding carboxylic acids is 1. The molecule has 1 amide bonds. The molecule has 3 aromatic rings. The van der Waals surface area contributed by atoms with Gasteiger partial charge in [0.05, 0.1) is 10.6 Å². The Morgan fingerprint density at radius 2 is 1.75 bits per heavy atom. The van der Waals surface area contributed by atoms with E-state index in [1.165, 1.54) is 0 Å². The molecule has 1 aromatic heterocycles. The van der Waals surface area contributed by atoms with Crippen LogP contribution >= 0.6 is 0 Å². The highest BCUT2D eigenvalue weighted by molar-refractivity contribution is 5.95. The van der Waals surface area contributed by atoms with E-state index in [2.05, 4.69) is 26.1 Å². The number of halogens is 2. The second kappa shape index (κ2) is 8.03. The number of nitrogens with zero attached hydrogens (tertiary/aromatic N) is 3. The van der Waals surface area contributed by atoms with E-state index in [1.54, 1.807) is 30.3 Å². The van der Waals surface area contributed by atoms with E-state index >= 15 is 0 Å². The number of hydrogen-bond acceptors (Lipinski definition) is 7. The molecular weight excluding hydrogens is 374 g/mol. The first-order valence-corrected chi connectivity index (χ1v) is 7.78. The summed E-state index contributed by atoms with van der Waals surface area (Å²) in [7, 11) is 0. The van der Waals surface area contributed by atoms with Gasteiger partial charge in [0.1, 0.15) is 18.0 Å². The molecule has 0 aliphatic carbocycles. The average Bonchev–Trinajstić information content (AvgIpc) is 2.68. The lowest BCUT2D eigenvalue weighted by atomic mass is 10.2. The number of nitro groups is 1. The summed E-state index contributed by atoms with van der Waals surface area (Å²) < 4.78 is 26.8. The van der Waals surface area contributed by atoms with Crippen LogP contribution in [0.1, 0.15) is 10.4 Å². The molecule has 0 saturated carbocycles. The van der Waals surface area contributed by atoms with Crippen LogP contribution in [0.2, 0.25) is 0 Å². The normalized spacial score (nSPS) is 10.2. The minimum atomic E-state index is -0.959. The van der Waals surface area contributed by atoms with Crippen molar-refractivity contribution < 1.29 is 18.5 Å². The molecule has 0 spiro atoms. The Morgan fingerprint density at radius 3 is 2.43 bits per heavy atom. The molecule has 2 aromatic carbocycles. The van der Waals surface area contributed by atoms with E-state index in [4.69, 9.17) is 0 Å². The van der Waals surface area contributed by atoms with Gasteiger partial charge < -0.3 is 5.32 Å². The van der Waals surface area contributed by atoms with Gasteiger partial charge in [-0.3, -0.25) is 25.8 Å². The topological polar surface area (TPSA) is 122 Å². The summed E-state index contributed by atoms with van der Waals surface area (Å²) >= 11 is 0. The molecule has 11 heteroatoms. The highest BCUT2D eigenvalue weighted by atomic mass is 19.1. The first-order chi connectivity index (χ1) is 13.5. The second-order valence-corrected chi connectivity index (χ2v) is 5.37. The van der Waals surface area contributed by atoms with Gasteiger partial charge in [-0.15, -0.1) is 0 Å². The van der Waals surface area contributed by atoms with Crippen molar-refractivity contribution in [2.45, 2.75) is 0 Å². The zero-order valence-electron chi connectivity index (χ0n) is 14.0.